The molecule has 1 saturated carbocycles. The van der Waals surface area contributed by atoms with E-state index in [-0.39, 0.29) is 37.1 Å². The van der Waals surface area contributed by atoms with Crippen LogP contribution in [0.1, 0.15) is 13.8 Å². The van der Waals surface area contributed by atoms with Gasteiger partial charge in [0.1, 0.15) is 0 Å². The van der Waals surface area contributed by atoms with E-state index in [4.69, 9.17) is 46.5 Å². The predicted molar refractivity (Wildman–Crippen MR) is 74.3 cm³/mol. The van der Waals surface area contributed by atoms with Gasteiger partial charge in [-0.3, -0.25) is 0 Å². The van der Waals surface area contributed by atoms with Crippen molar-refractivity contribution in [3.8, 4) is 0 Å². The first-order valence-corrected chi connectivity index (χ1v) is 4.86. The minimum Gasteiger partial charge on any atom is 0 e. The third-order valence-corrected chi connectivity index (χ3v) is 1.22. The summed E-state index contributed by atoms with van der Waals surface area (Å²) in [4.78, 5) is 0. The Hall–Kier alpha value is -1.43. The second-order valence-electron chi connectivity index (χ2n) is 2.15. The standard InChI is InChI=1S/C8H10.10CO.2V/c1-7-3-5-8(2)6-4-7;10*1-2;;/h3-6H,1-2H3;;;;;;;;;;;;. The van der Waals surface area contributed by atoms with Gasteiger partial charge in [0.25, 0.3) is 0 Å². The monoisotopic (exact) mass is 488 g/mol. The van der Waals surface area contributed by atoms with E-state index in [1.807, 2.05) is 0 Å². The summed E-state index contributed by atoms with van der Waals surface area (Å²) in [5, 5.41) is 0. The van der Waals surface area contributed by atoms with Gasteiger partial charge in [-0.15, -0.1) is 0 Å². The average molecular weight is 488 g/mol. The van der Waals surface area contributed by atoms with Crippen LogP contribution in [-0.2, 0) is 83.6 Å². The molecule has 0 aliphatic heterocycles. The van der Waals surface area contributed by atoms with Crippen molar-refractivity contribution >= 4 is 0 Å². The fourth-order valence-corrected chi connectivity index (χ4v) is 0.637. The van der Waals surface area contributed by atoms with Gasteiger partial charge in [-0.2, -0.15) is 0 Å². The molecule has 0 spiro atoms. The molecule has 152 valence electrons. The van der Waals surface area contributed by atoms with Gasteiger partial charge in [0.05, 0.1) is 0 Å². The van der Waals surface area contributed by atoms with Crippen molar-refractivity contribution in [2.45, 2.75) is 13.8 Å². The molecule has 8 radical (unpaired) electrons. The zero-order valence-corrected chi connectivity index (χ0v) is 18.1. The minimum atomic E-state index is 0. The van der Waals surface area contributed by atoms with Crippen molar-refractivity contribution in [3.05, 3.63) is 104 Å². The van der Waals surface area contributed by atoms with Gasteiger partial charge < -0.3 is 0 Å². The number of hydrogen-bond acceptors (Lipinski definition) is 0. The van der Waals surface area contributed by atoms with Gasteiger partial charge in [-0.25, -0.2) is 0 Å². The third kappa shape index (κ3) is 237. The molecule has 0 heterocycles. The van der Waals surface area contributed by atoms with Crippen molar-refractivity contribution in [3.63, 3.8) is 0 Å². The molecule has 1 rings (SSSR count). The summed E-state index contributed by atoms with van der Waals surface area (Å²) in [6.45, 7) is 49.2. The topological polar surface area (TPSA) is 199 Å². The van der Waals surface area contributed by atoms with Gasteiger partial charge in [0.15, 0.2) is 0 Å². The molecule has 12 heteroatoms. The summed E-state index contributed by atoms with van der Waals surface area (Å²) in [5.74, 6) is 2.66. The molecule has 10 nitrogen and oxygen atoms in total. The molecular weight excluding hydrogens is 478 g/mol. The first kappa shape index (κ1) is 79.1. The quantitative estimate of drug-likeness (QED) is 0.353. The molecule has 0 bridgehead atoms. The van der Waals surface area contributed by atoms with E-state index in [1.54, 1.807) is 0 Å². The van der Waals surface area contributed by atoms with E-state index in [1.165, 1.54) is 11.8 Å². The molecule has 0 saturated heterocycles. The molecule has 1 aliphatic carbocycles. The number of hydrogen-bond donors (Lipinski definition) is 0. The second kappa shape index (κ2) is 265. The van der Waals surface area contributed by atoms with E-state index in [2.05, 4.69) is 106 Å². The smallest absolute Gasteiger partial charge is 0 e. The van der Waals surface area contributed by atoms with Crippen LogP contribution in [0.3, 0.4) is 0 Å². The summed E-state index contributed by atoms with van der Waals surface area (Å²) in [6.07, 6.45) is 8.48. The van der Waals surface area contributed by atoms with Crippen LogP contribution in [0, 0.1) is 104 Å². The maximum Gasteiger partial charge on any atom is 0 e. The molecule has 0 aromatic carbocycles. The maximum absolute atomic E-state index is 7.50. The summed E-state index contributed by atoms with van der Waals surface area (Å²) in [7, 11) is 0. The van der Waals surface area contributed by atoms with Gasteiger partial charge in [0, 0.05) is 37.1 Å². The Morgan fingerprint density at radius 3 is 0.467 bits per heavy atom. The van der Waals surface area contributed by atoms with Crippen LogP contribution in [0.5, 0.6) is 0 Å². The summed E-state index contributed by atoms with van der Waals surface area (Å²) in [5.41, 5.74) is 0. The second-order valence-corrected chi connectivity index (χ2v) is 2.15. The molecule has 0 aromatic heterocycles. The molecule has 0 aromatic rings. The van der Waals surface area contributed by atoms with Gasteiger partial charge >= 0.3 is 113 Å². The Balaban J connectivity index is -0.0000000130. The van der Waals surface area contributed by atoms with Crippen molar-refractivity contribution in [1.29, 1.82) is 0 Å². The molecule has 0 amide bonds. The average Bonchev–Trinajstić information content (AvgIpc) is 2.88. The number of rotatable bonds is 0. The largest absolute Gasteiger partial charge is 0 e. The van der Waals surface area contributed by atoms with E-state index < -0.39 is 0 Å². The summed E-state index contributed by atoms with van der Waals surface area (Å²) in [6, 6.07) is 0. The molecule has 0 unspecified atom stereocenters. The summed E-state index contributed by atoms with van der Waals surface area (Å²) >= 11 is 0. The fourth-order valence-electron chi connectivity index (χ4n) is 0.637. The van der Waals surface area contributed by atoms with E-state index >= 15 is 0 Å². The zero-order chi connectivity index (χ0) is 26.0. The SMILES string of the molecule is C[C]1[CH][CH][C](C)[CH][CH]1.[C-]#[O+].[C-]#[O+].[C-]#[O+].[C-]#[O+].[C-]#[O+].[C-]#[O+].[C-]#[O+].[C-]#[O+].[C-]#[O+].[C-]#[O+].[V].[V]. The Morgan fingerprint density at radius 2 is 0.400 bits per heavy atom. The first-order valence-electron chi connectivity index (χ1n) is 4.86. The Kier molecular flexibility index (Phi) is 699. The van der Waals surface area contributed by atoms with Gasteiger partial charge in [0.2, 0.25) is 0 Å². The van der Waals surface area contributed by atoms with Crippen molar-refractivity contribution in [2.24, 2.45) is 0 Å². The van der Waals surface area contributed by atoms with Gasteiger partial charge in [-0.1, -0.05) is 13.8 Å². The maximum atomic E-state index is 7.50. The van der Waals surface area contributed by atoms with E-state index in [0.29, 0.717) is 0 Å². The Morgan fingerprint density at radius 1 is 0.333 bits per heavy atom. The van der Waals surface area contributed by atoms with Crippen LogP contribution in [0.4, 0.5) is 0 Å². The van der Waals surface area contributed by atoms with Crippen LogP contribution >= 0.6 is 0 Å². The normalized spacial score (nSPS) is 7.67. The minimum absolute atomic E-state index is 0. The molecule has 0 atom stereocenters. The molecular formula is C18H10O10V2. The van der Waals surface area contributed by atoms with Crippen LogP contribution in [0.2, 0.25) is 0 Å². The van der Waals surface area contributed by atoms with Crippen LogP contribution in [0.25, 0.3) is 0 Å². The van der Waals surface area contributed by atoms with E-state index in [0.717, 1.165) is 0 Å². The Labute approximate surface area is 201 Å². The predicted octanol–water partition coefficient (Wildman–Crippen LogP) is 1.63. The molecule has 1 fully saturated rings. The van der Waals surface area contributed by atoms with Crippen molar-refractivity contribution in [2.75, 3.05) is 0 Å². The molecule has 30 heavy (non-hydrogen) atoms. The van der Waals surface area contributed by atoms with Gasteiger partial charge in [-0.05, 0) is 37.5 Å². The summed E-state index contributed by atoms with van der Waals surface area (Å²) < 4.78 is 75.0. The zero-order valence-electron chi connectivity index (χ0n) is 15.3. The fraction of sp³-hybridized carbons (Fsp3) is 0.111. The van der Waals surface area contributed by atoms with Crippen molar-refractivity contribution < 1.29 is 83.6 Å². The van der Waals surface area contributed by atoms with Crippen LogP contribution in [0.15, 0.2) is 0 Å². The molecule has 0 N–H and O–H groups in total. The first-order chi connectivity index (χ1) is 13.8. The van der Waals surface area contributed by atoms with Crippen molar-refractivity contribution in [1.82, 2.24) is 0 Å². The molecule has 1 aliphatic rings. The van der Waals surface area contributed by atoms with Crippen LogP contribution < -0.4 is 0 Å². The van der Waals surface area contributed by atoms with Crippen LogP contribution in [-0.4, -0.2) is 0 Å². The third-order valence-electron chi connectivity index (χ3n) is 1.22. The van der Waals surface area contributed by atoms with E-state index in [9.17, 15) is 0 Å². The Bertz CT molecular complexity index is 297.